The van der Waals surface area contributed by atoms with Crippen molar-refractivity contribution >= 4 is 61.8 Å². The van der Waals surface area contributed by atoms with Gasteiger partial charge in [-0.25, -0.2) is 13.2 Å². The molecule has 0 aliphatic carbocycles. The van der Waals surface area contributed by atoms with Gasteiger partial charge in [0.1, 0.15) is 11.3 Å². The first-order chi connectivity index (χ1) is 20.5. The third-order valence-electron chi connectivity index (χ3n) is 6.97. The standard InChI is InChI=1S/C31H26Cl2N2O7S/c1-3-35(43(39,40)23-11-12-24-19(2)29(31(37)38)42-28(24)16-23)27-13-10-21(32)15-20(27)17-34(18-22-7-6-14-41-22)30(36)25-8-4-5-9-26(25)33/h4-16H,3,17-18H2,1-2H3,(H,37,38). The Kier molecular flexibility index (Phi) is 8.55. The zero-order valence-electron chi connectivity index (χ0n) is 23.1. The van der Waals surface area contributed by atoms with E-state index in [0.29, 0.717) is 33.0 Å². The van der Waals surface area contributed by atoms with Crippen LogP contribution >= 0.6 is 23.2 Å². The molecule has 43 heavy (non-hydrogen) atoms. The summed E-state index contributed by atoms with van der Waals surface area (Å²) in [5.74, 6) is -1.36. The Labute approximate surface area is 257 Å². The Morgan fingerprint density at radius 3 is 2.40 bits per heavy atom. The van der Waals surface area contributed by atoms with Gasteiger partial charge in [-0.2, -0.15) is 0 Å². The number of hydrogen-bond donors (Lipinski definition) is 1. The quantitative estimate of drug-likeness (QED) is 0.169. The van der Waals surface area contributed by atoms with Crippen molar-refractivity contribution in [3.05, 3.63) is 117 Å². The maximum Gasteiger partial charge on any atom is 0.372 e. The molecule has 0 bridgehead atoms. The molecule has 0 radical (unpaired) electrons. The van der Waals surface area contributed by atoms with Crippen LogP contribution in [0.1, 0.15) is 44.7 Å². The zero-order chi connectivity index (χ0) is 30.9. The van der Waals surface area contributed by atoms with E-state index in [4.69, 9.17) is 32.0 Å². The van der Waals surface area contributed by atoms with Gasteiger partial charge in [0.25, 0.3) is 15.9 Å². The fraction of sp³-hybridized carbons (Fsp3) is 0.161. The topological polar surface area (TPSA) is 121 Å². The summed E-state index contributed by atoms with van der Waals surface area (Å²) in [6, 6.07) is 19.1. The predicted molar refractivity (Wildman–Crippen MR) is 163 cm³/mol. The van der Waals surface area contributed by atoms with Crippen LogP contribution in [0.25, 0.3) is 11.0 Å². The van der Waals surface area contributed by atoms with Crippen LogP contribution < -0.4 is 4.31 Å². The number of halogens is 2. The number of carboxylic acid groups (broad SMARTS) is 1. The lowest BCUT2D eigenvalue weighted by molar-refractivity contribution is 0.0662. The molecule has 5 rings (SSSR count). The van der Waals surface area contributed by atoms with Crippen LogP contribution in [0, 0.1) is 6.92 Å². The van der Waals surface area contributed by atoms with Crippen molar-refractivity contribution in [2.24, 2.45) is 0 Å². The van der Waals surface area contributed by atoms with Crippen LogP contribution in [0.5, 0.6) is 0 Å². The molecule has 0 atom stereocenters. The van der Waals surface area contributed by atoms with Crippen LogP contribution in [0.2, 0.25) is 10.0 Å². The number of carbonyl (C=O) groups excluding carboxylic acids is 1. The Morgan fingerprint density at radius 1 is 0.953 bits per heavy atom. The Morgan fingerprint density at radius 2 is 1.72 bits per heavy atom. The normalized spacial score (nSPS) is 11.5. The summed E-state index contributed by atoms with van der Waals surface area (Å²) in [5, 5.41) is 10.6. The summed E-state index contributed by atoms with van der Waals surface area (Å²) in [6.07, 6.45) is 1.50. The first kappa shape index (κ1) is 30.2. The van der Waals surface area contributed by atoms with Gasteiger partial charge in [0.05, 0.1) is 34.0 Å². The lowest BCUT2D eigenvalue weighted by Gasteiger charge is -2.28. The van der Waals surface area contributed by atoms with E-state index in [2.05, 4.69) is 0 Å². The molecule has 3 aromatic carbocycles. The molecule has 1 N–H and O–H groups in total. The molecular weight excluding hydrogens is 615 g/mol. The average Bonchev–Trinajstić information content (AvgIpc) is 3.61. The number of benzene rings is 3. The molecule has 0 spiro atoms. The van der Waals surface area contributed by atoms with Gasteiger partial charge in [0.2, 0.25) is 5.76 Å². The summed E-state index contributed by atoms with van der Waals surface area (Å²) in [7, 11) is -4.18. The van der Waals surface area contributed by atoms with Gasteiger partial charge in [-0.05, 0) is 74.0 Å². The Balaban J connectivity index is 1.56. The van der Waals surface area contributed by atoms with Crippen LogP contribution in [0.4, 0.5) is 5.69 Å². The van der Waals surface area contributed by atoms with Gasteiger partial charge >= 0.3 is 5.97 Å². The number of hydrogen-bond acceptors (Lipinski definition) is 6. The van der Waals surface area contributed by atoms with Gasteiger partial charge in [-0.1, -0.05) is 35.3 Å². The van der Waals surface area contributed by atoms with Crippen LogP contribution in [-0.4, -0.2) is 36.8 Å². The average molecular weight is 642 g/mol. The first-order valence-electron chi connectivity index (χ1n) is 13.1. The van der Waals surface area contributed by atoms with E-state index in [0.717, 1.165) is 0 Å². The summed E-state index contributed by atoms with van der Waals surface area (Å²) >= 11 is 12.7. The SMILES string of the molecule is CCN(c1ccc(Cl)cc1CN(Cc1ccco1)C(=O)c1ccccc1Cl)S(=O)(=O)c1ccc2c(C)c(C(=O)O)oc2c1. The maximum atomic E-state index is 14.0. The van der Waals surface area contributed by atoms with Crippen LogP contribution in [0.3, 0.4) is 0 Å². The van der Waals surface area contributed by atoms with Gasteiger partial charge < -0.3 is 18.8 Å². The molecule has 0 aliphatic rings. The summed E-state index contributed by atoms with van der Waals surface area (Å²) < 4.78 is 40.3. The van der Waals surface area contributed by atoms with E-state index >= 15 is 0 Å². The number of aromatic carboxylic acids is 1. The zero-order valence-corrected chi connectivity index (χ0v) is 25.4. The molecule has 0 saturated carbocycles. The van der Waals surface area contributed by atoms with Crippen LogP contribution in [0.15, 0.2) is 92.8 Å². The largest absolute Gasteiger partial charge is 0.475 e. The van der Waals surface area contributed by atoms with Gasteiger partial charge in [-0.3, -0.25) is 9.10 Å². The van der Waals surface area contributed by atoms with E-state index in [9.17, 15) is 23.1 Å². The minimum atomic E-state index is -4.18. The Bertz CT molecular complexity index is 1940. The molecule has 1 amide bonds. The summed E-state index contributed by atoms with van der Waals surface area (Å²) in [6.45, 7) is 3.39. The number of carboxylic acids is 1. The lowest BCUT2D eigenvalue weighted by atomic mass is 10.1. The van der Waals surface area contributed by atoms with Crippen molar-refractivity contribution in [3.8, 4) is 0 Å². The number of furan rings is 2. The summed E-state index contributed by atoms with van der Waals surface area (Å²) in [5.41, 5.74) is 1.59. The van der Waals surface area contributed by atoms with Crippen molar-refractivity contribution in [2.75, 3.05) is 10.8 Å². The molecule has 0 fully saturated rings. The number of amides is 1. The number of carbonyl (C=O) groups is 2. The van der Waals surface area contributed by atoms with E-state index in [-0.39, 0.29) is 52.4 Å². The van der Waals surface area contributed by atoms with E-state index in [1.807, 2.05) is 0 Å². The van der Waals surface area contributed by atoms with Crippen molar-refractivity contribution in [2.45, 2.75) is 31.8 Å². The summed E-state index contributed by atoms with van der Waals surface area (Å²) in [4.78, 5) is 26.7. The Hall–Kier alpha value is -4.25. The van der Waals surface area contributed by atoms with Crippen LogP contribution in [-0.2, 0) is 23.1 Å². The second-order valence-corrected chi connectivity index (χ2v) is 12.4. The third-order valence-corrected chi connectivity index (χ3v) is 9.42. The van der Waals surface area contributed by atoms with Gasteiger partial charge in [0, 0.05) is 35.1 Å². The molecule has 222 valence electrons. The molecular formula is C31H26Cl2N2O7S. The maximum absolute atomic E-state index is 14.0. The number of fused-ring (bicyclic) bond motifs is 1. The fourth-order valence-corrected chi connectivity index (χ4v) is 6.83. The fourth-order valence-electron chi connectivity index (χ4n) is 4.89. The highest BCUT2D eigenvalue weighted by atomic mass is 35.5. The molecule has 0 saturated heterocycles. The number of nitrogens with zero attached hydrogens (tertiary/aromatic N) is 2. The first-order valence-corrected chi connectivity index (χ1v) is 15.3. The molecule has 9 nitrogen and oxygen atoms in total. The van der Waals surface area contributed by atoms with Crippen molar-refractivity contribution in [1.82, 2.24) is 4.90 Å². The highest BCUT2D eigenvalue weighted by Crippen LogP contribution is 2.34. The lowest BCUT2D eigenvalue weighted by Crippen LogP contribution is -2.34. The smallest absolute Gasteiger partial charge is 0.372 e. The van der Waals surface area contributed by atoms with Crippen molar-refractivity contribution < 1.29 is 31.9 Å². The van der Waals surface area contributed by atoms with Gasteiger partial charge in [0.15, 0.2) is 0 Å². The predicted octanol–water partition coefficient (Wildman–Crippen LogP) is 7.40. The molecule has 5 aromatic rings. The molecule has 0 unspecified atom stereocenters. The molecule has 12 heteroatoms. The monoisotopic (exact) mass is 640 g/mol. The molecule has 0 aliphatic heterocycles. The molecule has 2 aromatic heterocycles. The van der Waals surface area contributed by atoms with Gasteiger partial charge in [-0.15, -0.1) is 0 Å². The number of aryl methyl sites for hydroxylation is 1. The molecule has 2 heterocycles. The van der Waals surface area contributed by atoms with E-state index in [1.165, 1.54) is 33.7 Å². The highest BCUT2D eigenvalue weighted by molar-refractivity contribution is 7.92. The number of rotatable bonds is 10. The minimum Gasteiger partial charge on any atom is -0.475 e. The van der Waals surface area contributed by atoms with Crippen molar-refractivity contribution in [3.63, 3.8) is 0 Å². The minimum absolute atomic E-state index is 0.0228. The van der Waals surface area contributed by atoms with E-state index < -0.39 is 16.0 Å². The van der Waals surface area contributed by atoms with E-state index in [1.54, 1.807) is 68.4 Å². The second kappa shape index (κ2) is 12.2. The highest BCUT2D eigenvalue weighted by Gasteiger charge is 2.29. The second-order valence-electron chi connectivity index (χ2n) is 9.68. The third kappa shape index (κ3) is 5.99. The number of anilines is 1. The van der Waals surface area contributed by atoms with Crippen molar-refractivity contribution in [1.29, 1.82) is 0 Å². The number of sulfonamides is 1.